The quantitative estimate of drug-likeness (QED) is 0.796. The lowest BCUT2D eigenvalue weighted by Crippen LogP contribution is -2.61. The van der Waals surface area contributed by atoms with E-state index in [2.05, 4.69) is 6.08 Å². The predicted molar refractivity (Wildman–Crippen MR) is 87.7 cm³/mol. The van der Waals surface area contributed by atoms with Crippen LogP contribution in [0.15, 0.2) is 54.3 Å². The fourth-order valence-corrected chi connectivity index (χ4v) is 3.83. The second-order valence-electron chi connectivity index (χ2n) is 6.10. The molecule has 0 amide bonds. The monoisotopic (exact) mass is 314 g/mol. The zero-order valence-electron chi connectivity index (χ0n) is 13.8. The van der Waals surface area contributed by atoms with Crippen molar-refractivity contribution in [2.24, 2.45) is 0 Å². The summed E-state index contributed by atoms with van der Waals surface area (Å²) in [5.41, 5.74) is 1.32. The van der Waals surface area contributed by atoms with E-state index in [1.165, 1.54) is 5.57 Å². The number of fused-ring (bicyclic) bond motifs is 3. The normalized spacial score (nSPS) is 26.9. The first kappa shape index (κ1) is 16.1. The van der Waals surface area contributed by atoms with Crippen LogP contribution in [0, 0.1) is 0 Å². The van der Waals surface area contributed by atoms with Gasteiger partial charge in [-0.2, -0.15) is 9.68 Å². The molecule has 0 saturated carbocycles. The standard InChI is InChI=1S/C19H24NO3/c1-22-20(23-2)15-13-16-8-6-7-11-18(21)19(20,14-12-16)17-9-4-3-5-10-17/h3-5,8-10,13,15H,6-7,11-12,14H2,1-2H3/q+1. The van der Waals surface area contributed by atoms with Gasteiger partial charge in [-0.1, -0.05) is 36.4 Å². The van der Waals surface area contributed by atoms with Crippen molar-refractivity contribution in [1.82, 2.24) is 0 Å². The molecule has 1 aliphatic heterocycles. The Hall–Kier alpha value is -1.75. The van der Waals surface area contributed by atoms with Crippen molar-refractivity contribution in [3.63, 3.8) is 0 Å². The number of carbonyl (C=O) groups excluding carboxylic acids is 1. The first-order valence-corrected chi connectivity index (χ1v) is 8.16. The molecule has 0 fully saturated rings. The summed E-state index contributed by atoms with van der Waals surface area (Å²) >= 11 is 0. The molecule has 0 radical (unpaired) electrons. The zero-order chi connectivity index (χ0) is 16.3. The molecule has 1 unspecified atom stereocenters. The summed E-state index contributed by atoms with van der Waals surface area (Å²) in [4.78, 5) is 24.7. The van der Waals surface area contributed by atoms with Gasteiger partial charge < -0.3 is 0 Å². The van der Waals surface area contributed by atoms with Gasteiger partial charge in [-0.3, -0.25) is 4.79 Å². The molecule has 23 heavy (non-hydrogen) atoms. The molecule has 3 rings (SSSR count). The average molecular weight is 314 g/mol. The number of quaternary nitrogens is 1. The van der Waals surface area contributed by atoms with E-state index in [9.17, 15) is 4.79 Å². The largest absolute Gasteiger partial charge is 0.292 e. The number of Topliss-reactive ketones (excluding diaryl/α,β-unsaturated/α-hetero) is 1. The molecule has 122 valence electrons. The Morgan fingerprint density at radius 1 is 1.09 bits per heavy atom. The molecule has 1 atom stereocenters. The molecule has 0 aromatic heterocycles. The second-order valence-corrected chi connectivity index (χ2v) is 6.10. The van der Waals surface area contributed by atoms with Crippen molar-refractivity contribution in [3.8, 4) is 0 Å². The molecule has 0 saturated heterocycles. The van der Waals surface area contributed by atoms with E-state index in [0.29, 0.717) is 12.8 Å². The lowest BCUT2D eigenvalue weighted by atomic mass is 9.79. The number of carbonyl (C=O) groups is 1. The number of hydroxylamine groups is 4. The third-order valence-electron chi connectivity index (χ3n) is 5.06. The van der Waals surface area contributed by atoms with Gasteiger partial charge >= 0.3 is 0 Å². The number of rotatable bonds is 3. The minimum Gasteiger partial charge on any atom is -0.292 e. The van der Waals surface area contributed by atoms with Gasteiger partial charge in [0.2, 0.25) is 11.3 Å². The number of nitrogens with zero attached hydrogens (tertiary/aromatic N) is 1. The topological polar surface area (TPSA) is 35.5 Å². The molecule has 0 N–H and O–H groups in total. The third-order valence-corrected chi connectivity index (χ3v) is 5.06. The van der Waals surface area contributed by atoms with Crippen molar-refractivity contribution in [2.45, 2.75) is 37.6 Å². The van der Waals surface area contributed by atoms with Crippen LogP contribution in [0.25, 0.3) is 0 Å². The average Bonchev–Trinajstić information content (AvgIpc) is 2.72. The van der Waals surface area contributed by atoms with Gasteiger partial charge in [0.05, 0.1) is 0 Å². The Bertz CT molecular complexity index is 631. The Kier molecular flexibility index (Phi) is 4.48. The van der Waals surface area contributed by atoms with E-state index < -0.39 is 5.54 Å². The predicted octanol–water partition coefficient (Wildman–Crippen LogP) is 3.81. The highest BCUT2D eigenvalue weighted by atomic mass is 17.0. The highest BCUT2D eigenvalue weighted by molar-refractivity contribution is 5.88. The molecular weight excluding hydrogens is 290 g/mol. The second kappa shape index (κ2) is 6.40. The summed E-state index contributed by atoms with van der Waals surface area (Å²) in [6, 6.07) is 9.91. The van der Waals surface area contributed by atoms with Crippen LogP contribution in [0.5, 0.6) is 0 Å². The highest BCUT2D eigenvalue weighted by Crippen LogP contribution is 2.46. The number of benzene rings is 1. The summed E-state index contributed by atoms with van der Waals surface area (Å²) in [7, 11) is 3.19. The van der Waals surface area contributed by atoms with Gasteiger partial charge in [-0.05, 0) is 29.6 Å². The Labute approximate surface area is 137 Å². The van der Waals surface area contributed by atoms with Crippen LogP contribution < -0.4 is 0 Å². The molecule has 1 aliphatic carbocycles. The molecule has 1 heterocycles. The van der Waals surface area contributed by atoms with Gasteiger partial charge in [-0.25, -0.2) is 0 Å². The van der Waals surface area contributed by atoms with Gasteiger partial charge in [0.15, 0.2) is 6.20 Å². The molecule has 4 heteroatoms. The summed E-state index contributed by atoms with van der Waals surface area (Å²) in [5.74, 6) is 0.175. The number of hydrogen-bond donors (Lipinski definition) is 0. The van der Waals surface area contributed by atoms with Gasteiger partial charge in [0.1, 0.15) is 14.2 Å². The smallest absolute Gasteiger partial charge is 0.250 e. The Balaban J connectivity index is 2.28. The lowest BCUT2D eigenvalue weighted by molar-refractivity contribution is -1.24. The summed E-state index contributed by atoms with van der Waals surface area (Å²) in [5, 5.41) is 0. The molecule has 1 aromatic carbocycles. The van der Waals surface area contributed by atoms with Gasteiger partial charge in [0.25, 0.3) is 0 Å². The van der Waals surface area contributed by atoms with E-state index in [1.54, 1.807) is 14.2 Å². The molecule has 4 nitrogen and oxygen atoms in total. The molecule has 2 bridgehead atoms. The SMILES string of the molecule is CO[N+]1(OC)C=CC2=CCCCC(=O)C1(c1ccccc1)CC2. The number of ketones is 1. The van der Waals surface area contributed by atoms with Crippen LogP contribution in [0.4, 0.5) is 0 Å². The summed E-state index contributed by atoms with van der Waals surface area (Å²) in [6.45, 7) is 0. The molecule has 0 spiro atoms. The molecular formula is C19H24NO3+. The molecule has 1 aromatic rings. The van der Waals surface area contributed by atoms with E-state index in [1.807, 2.05) is 42.6 Å². The fourth-order valence-electron chi connectivity index (χ4n) is 3.83. The Morgan fingerprint density at radius 3 is 2.52 bits per heavy atom. The maximum atomic E-state index is 13.4. The van der Waals surface area contributed by atoms with Crippen molar-refractivity contribution < 1.29 is 19.3 Å². The van der Waals surface area contributed by atoms with Crippen LogP contribution in [-0.4, -0.2) is 24.8 Å². The fraction of sp³-hybridized carbons (Fsp3) is 0.421. The van der Waals surface area contributed by atoms with Crippen LogP contribution in [0.2, 0.25) is 0 Å². The zero-order valence-corrected chi connectivity index (χ0v) is 13.8. The third kappa shape index (κ3) is 2.47. The van der Waals surface area contributed by atoms with Crippen LogP contribution in [-0.2, 0) is 20.0 Å². The van der Waals surface area contributed by atoms with Crippen molar-refractivity contribution in [3.05, 3.63) is 59.8 Å². The Morgan fingerprint density at radius 2 is 1.83 bits per heavy atom. The molecule has 2 aliphatic rings. The van der Waals surface area contributed by atoms with Gasteiger partial charge in [-0.15, -0.1) is 0 Å². The summed E-state index contributed by atoms with van der Waals surface area (Å²) < 4.78 is 0. The minimum atomic E-state index is -0.874. The van der Waals surface area contributed by atoms with Crippen LogP contribution in [0.3, 0.4) is 0 Å². The van der Waals surface area contributed by atoms with E-state index >= 15 is 0 Å². The van der Waals surface area contributed by atoms with Crippen molar-refractivity contribution in [1.29, 1.82) is 0 Å². The van der Waals surface area contributed by atoms with Crippen LogP contribution >= 0.6 is 0 Å². The van der Waals surface area contributed by atoms with Gasteiger partial charge in [0, 0.05) is 24.5 Å². The van der Waals surface area contributed by atoms with E-state index in [-0.39, 0.29) is 10.6 Å². The van der Waals surface area contributed by atoms with Crippen LogP contribution in [0.1, 0.15) is 37.7 Å². The first-order chi connectivity index (χ1) is 11.2. The first-order valence-electron chi connectivity index (χ1n) is 8.16. The maximum absolute atomic E-state index is 13.4. The number of hydrogen-bond acceptors (Lipinski definition) is 3. The lowest BCUT2D eigenvalue weighted by Gasteiger charge is -2.42. The maximum Gasteiger partial charge on any atom is 0.250 e. The highest BCUT2D eigenvalue weighted by Gasteiger charge is 2.61. The summed E-state index contributed by atoms with van der Waals surface area (Å²) in [6.07, 6.45) is 9.97. The van der Waals surface area contributed by atoms with E-state index in [4.69, 9.17) is 9.68 Å². The number of allylic oxidation sites excluding steroid dienone is 3. The van der Waals surface area contributed by atoms with Crippen molar-refractivity contribution in [2.75, 3.05) is 14.2 Å². The van der Waals surface area contributed by atoms with Crippen molar-refractivity contribution >= 4 is 5.78 Å². The van der Waals surface area contributed by atoms with E-state index in [0.717, 1.165) is 24.8 Å². The minimum absolute atomic E-state index is 0.175.